The Morgan fingerprint density at radius 1 is 1.29 bits per heavy atom. The van der Waals surface area contributed by atoms with Gasteiger partial charge in [-0.25, -0.2) is 13.9 Å². The van der Waals surface area contributed by atoms with Crippen molar-refractivity contribution in [2.75, 3.05) is 11.1 Å². The third kappa shape index (κ3) is 2.59. The number of rotatable bonds is 3. The Hall–Kier alpha value is -3.16. The summed E-state index contributed by atoms with van der Waals surface area (Å²) >= 11 is 0. The number of nitrogens with two attached hydrogens (primary N) is 1. The fourth-order valence-corrected chi connectivity index (χ4v) is 1.89. The number of nitrogens with one attached hydrogen (secondary N) is 1. The topological polar surface area (TPSA) is 107 Å². The molecule has 0 aliphatic heterocycles. The Bertz CT molecular complexity index is 849. The van der Waals surface area contributed by atoms with Crippen molar-refractivity contribution < 1.29 is 4.79 Å². The van der Waals surface area contributed by atoms with Gasteiger partial charge in [0.1, 0.15) is 6.54 Å². The van der Waals surface area contributed by atoms with Crippen molar-refractivity contribution in [1.29, 1.82) is 0 Å². The largest absolute Gasteiger partial charge is 0.399 e. The standard InChI is InChI=1S/C13H12N6O2/c14-9-1-3-10(4-2-9)16-12(20)8-19-13(21)18-6-5-15-7-11(18)17-19/h1-7H,8,14H2,(H,16,20). The zero-order chi connectivity index (χ0) is 14.8. The number of fused-ring (bicyclic) bond motifs is 1. The molecule has 21 heavy (non-hydrogen) atoms. The SMILES string of the molecule is Nc1ccc(NC(=O)Cn2nc3cnccn3c2=O)cc1. The maximum atomic E-state index is 12.0. The van der Waals surface area contributed by atoms with Crippen molar-refractivity contribution in [3.8, 4) is 0 Å². The molecule has 8 heteroatoms. The van der Waals surface area contributed by atoms with Crippen molar-refractivity contribution in [2.24, 2.45) is 0 Å². The van der Waals surface area contributed by atoms with Crippen LogP contribution in [0, 0.1) is 0 Å². The third-order valence-corrected chi connectivity index (χ3v) is 2.88. The van der Waals surface area contributed by atoms with Crippen LogP contribution in [0.3, 0.4) is 0 Å². The van der Waals surface area contributed by atoms with Gasteiger partial charge >= 0.3 is 5.69 Å². The lowest BCUT2D eigenvalue weighted by molar-refractivity contribution is -0.117. The highest BCUT2D eigenvalue weighted by atomic mass is 16.2. The van der Waals surface area contributed by atoms with Crippen LogP contribution < -0.4 is 16.7 Å². The molecule has 106 valence electrons. The van der Waals surface area contributed by atoms with Crippen molar-refractivity contribution in [3.05, 3.63) is 53.3 Å². The number of nitrogens with zero attached hydrogens (tertiary/aromatic N) is 4. The van der Waals surface area contributed by atoms with Gasteiger partial charge in [0, 0.05) is 23.8 Å². The zero-order valence-electron chi connectivity index (χ0n) is 10.9. The summed E-state index contributed by atoms with van der Waals surface area (Å²) in [7, 11) is 0. The third-order valence-electron chi connectivity index (χ3n) is 2.88. The monoisotopic (exact) mass is 284 g/mol. The normalized spacial score (nSPS) is 10.7. The average molecular weight is 284 g/mol. The van der Waals surface area contributed by atoms with E-state index in [9.17, 15) is 9.59 Å². The first-order chi connectivity index (χ1) is 10.1. The van der Waals surface area contributed by atoms with E-state index < -0.39 is 0 Å². The van der Waals surface area contributed by atoms with E-state index in [0.717, 1.165) is 4.68 Å². The van der Waals surface area contributed by atoms with E-state index >= 15 is 0 Å². The second-order valence-corrected chi connectivity index (χ2v) is 4.41. The van der Waals surface area contributed by atoms with Crippen LogP contribution in [0.2, 0.25) is 0 Å². The predicted molar refractivity (Wildman–Crippen MR) is 76.7 cm³/mol. The molecule has 3 N–H and O–H groups in total. The van der Waals surface area contributed by atoms with Gasteiger partial charge in [-0.15, -0.1) is 5.10 Å². The second kappa shape index (κ2) is 5.08. The maximum Gasteiger partial charge on any atom is 0.350 e. The number of benzene rings is 1. The molecule has 2 aromatic heterocycles. The van der Waals surface area contributed by atoms with Crippen LogP contribution in [-0.4, -0.2) is 25.1 Å². The molecule has 0 radical (unpaired) electrons. The number of carbonyl (C=O) groups excluding carboxylic acids is 1. The molecule has 2 heterocycles. The number of aromatic nitrogens is 4. The minimum Gasteiger partial charge on any atom is -0.399 e. The van der Waals surface area contributed by atoms with Crippen molar-refractivity contribution in [1.82, 2.24) is 19.2 Å². The van der Waals surface area contributed by atoms with E-state index in [1.807, 2.05) is 0 Å². The van der Waals surface area contributed by atoms with E-state index in [0.29, 0.717) is 17.0 Å². The first-order valence-electron chi connectivity index (χ1n) is 6.18. The Balaban J connectivity index is 1.78. The summed E-state index contributed by atoms with van der Waals surface area (Å²) in [6, 6.07) is 6.73. The highest BCUT2D eigenvalue weighted by Crippen LogP contribution is 2.10. The molecule has 0 bridgehead atoms. The zero-order valence-corrected chi connectivity index (χ0v) is 10.9. The first kappa shape index (κ1) is 12.9. The number of carbonyl (C=O) groups is 1. The first-order valence-corrected chi connectivity index (χ1v) is 6.18. The lowest BCUT2D eigenvalue weighted by atomic mass is 10.3. The Kier molecular flexibility index (Phi) is 3.11. The molecule has 0 atom stereocenters. The van der Waals surface area contributed by atoms with E-state index in [4.69, 9.17) is 5.73 Å². The summed E-state index contributed by atoms with van der Waals surface area (Å²) in [5.41, 5.74) is 6.78. The molecular formula is C13H12N6O2. The van der Waals surface area contributed by atoms with Gasteiger partial charge in [0.05, 0.1) is 6.20 Å². The fourth-order valence-electron chi connectivity index (χ4n) is 1.89. The quantitative estimate of drug-likeness (QED) is 0.664. The summed E-state index contributed by atoms with van der Waals surface area (Å²) in [6.07, 6.45) is 4.43. The molecule has 0 unspecified atom stereocenters. The second-order valence-electron chi connectivity index (χ2n) is 4.41. The Labute approximate surface area is 118 Å². The van der Waals surface area contributed by atoms with Crippen LogP contribution in [-0.2, 0) is 11.3 Å². The summed E-state index contributed by atoms with van der Waals surface area (Å²) in [5.74, 6) is -0.349. The summed E-state index contributed by atoms with van der Waals surface area (Å²) in [6.45, 7) is -0.176. The molecule has 1 amide bonds. The Morgan fingerprint density at radius 3 is 2.76 bits per heavy atom. The van der Waals surface area contributed by atoms with Gasteiger partial charge in [-0.1, -0.05) is 0 Å². The van der Waals surface area contributed by atoms with Crippen LogP contribution in [0.15, 0.2) is 47.7 Å². The van der Waals surface area contributed by atoms with Gasteiger partial charge in [0.2, 0.25) is 5.91 Å². The van der Waals surface area contributed by atoms with Crippen LogP contribution in [0.25, 0.3) is 5.65 Å². The van der Waals surface area contributed by atoms with E-state index in [1.165, 1.54) is 23.0 Å². The minimum atomic E-state index is -0.389. The maximum absolute atomic E-state index is 12.0. The fraction of sp³-hybridized carbons (Fsp3) is 0.0769. The Morgan fingerprint density at radius 2 is 2.05 bits per heavy atom. The minimum absolute atomic E-state index is 0.176. The van der Waals surface area contributed by atoms with Gasteiger partial charge in [-0.3, -0.25) is 9.78 Å². The highest BCUT2D eigenvalue weighted by molar-refractivity contribution is 5.90. The van der Waals surface area contributed by atoms with Gasteiger partial charge in [0.25, 0.3) is 0 Å². The molecule has 1 aromatic carbocycles. The van der Waals surface area contributed by atoms with Gasteiger partial charge in [0.15, 0.2) is 5.65 Å². The molecule has 8 nitrogen and oxygen atoms in total. The van der Waals surface area contributed by atoms with Gasteiger partial charge in [-0.05, 0) is 24.3 Å². The van der Waals surface area contributed by atoms with E-state index in [2.05, 4.69) is 15.4 Å². The number of nitrogen functional groups attached to an aromatic ring is 1. The van der Waals surface area contributed by atoms with E-state index in [1.54, 1.807) is 24.3 Å². The number of anilines is 2. The van der Waals surface area contributed by atoms with E-state index in [-0.39, 0.29) is 18.1 Å². The molecular weight excluding hydrogens is 272 g/mol. The number of hydrogen-bond donors (Lipinski definition) is 2. The highest BCUT2D eigenvalue weighted by Gasteiger charge is 2.10. The molecule has 3 aromatic rings. The molecule has 0 saturated heterocycles. The van der Waals surface area contributed by atoms with Crippen molar-refractivity contribution in [2.45, 2.75) is 6.54 Å². The van der Waals surface area contributed by atoms with Crippen LogP contribution in [0.4, 0.5) is 11.4 Å². The summed E-state index contributed by atoms with van der Waals surface area (Å²) < 4.78 is 2.41. The average Bonchev–Trinajstić information content (AvgIpc) is 2.78. The smallest absolute Gasteiger partial charge is 0.350 e. The van der Waals surface area contributed by atoms with Crippen LogP contribution in [0.1, 0.15) is 0 Å². The summed E-state index contributed by atoms with van der Waals surface area (Å²) in [5, 5.41) is 6.70. The summed E-state index contributed by atoms with van der Waals surface area (Å²) in [4.78, 5) is 27.8. The molecule has 0 fully saturated rings. The van der Waals surface area contributed by atoms with Crippen LogP contribution in [0.5, 0.6) is 0 Å². The van der Waals surface area contributed by atoms with Crippen molar-refractivity contribution >= 4 is 22.9 Å². The van der Waals surface area contributed by atoms with Gasteiger partial charge < -0.3 is 11.1 Å². The molecule has 0 saturated carbocycles. The lowest BCUT2D eigenvalue weighted by Gasteiger charge is -2.04. The molecule has 0 aliphatic carbocycles. The van der Waals surface area contributed by atoms with Crippen LogP contribution >= 0.6 is 0 Å². The lowest BCUT2D eigenvalue weighted by Crippen LogP contribution is -2.28. The molecule has 0 aliphatic rings. The molecule has 0 spiro atoms. The van der Waals surface area contributed by atoms with Crippen molar-refractivity contribution in [3.63, 3.8) is 0 Å². The van der Waals surface area contributed by atoms with Gasteiger partial charge in [-0.2, -0.15) is 0 Å². The number of amides is 1. The number of hydrogen-bond acceptors (Lipinski definition) is 5. The molecule has 3 rings (SSSR count). The predicted octanol–water partition coefficient (Wildman–Crippen LogP) is 0.112.